The van der Waals surface area contributed by atoms with Gasteiger partial charge in [0.2, 0.25) is 0 Å². The van der Waals surface area contributed by atoms with Crippen molar-refractivity contribution in [1.82, 2.24) is 19.6 Å². The number of rotatable bonds is 5. The highest BCUT2D eigenvalue weighted by Gasteiger charge is 2.25. The lowest BCUT2D eigenvalue weighted by Gasteiger charge is -2.15. The first-order valence-electron chi connectivity index (χ1n) is 8.30. The van der Waals surface area contributed by atoms with Crippen LogP contribution in [0.1, 0.15) is 35.3 Å². The van der Waals surface area contributed by atoms with Crippen molar-refractivity contribution in [2.45, 2.75) is 39.0 Å². The second-order valence-corrected chi connectivity index (χ2v) is 8.82. The van der Waals surface area contributed by atoms with Crippen LogP contribution in [-0.2, 0) is 14.8 Å². The molecule has 2 heterocycles. The summed E-state index contributed by atoms with van der Waals surface area (Å²) in [6, 6.07) is 3.19. The Bertz CT molecular complexity index is 1170. The van der Waals surface area contributed by atoms with Crippen molar-refractivity contribution < 1.29 is 17.9 Å². The third-order valence-corrected chi connectivity index (χ3v) is 5.64. The Kier molecular flexibility index (Phi) is 5.39. The number of halogens is 1. The molecule has 0 fully saturated rings. The van der Waals surface area contributed by atoms with Gasteiger partial charge in [0.05, 0.1) is 21.8 Å². The SMILES string of the molecule is Cc1cnc2nc(S(=O)(=O)Nc3c(C)ccc(C(=O)OC(C)C)c3Br)nn2c1. The number of aromatic nitrogens is 4. The van der Waals surface area contributed by atoms with Crippen LogP contribution in [0.15, 0.2) is 34.2 Å². The van der Waals surface area contributed by atoms with Gasteiger partial charge >= 0.3 is 5.97 Å². The normalized spacial score (nSPS) is 11.8. The van der Waals surface area contributed by atoms with E-state index in [-0.39, 0.29) is 27.6 Å². The number of nitrogens with zero attached hydrogens (tertiary/aromatic N) is 4. The number of aryl methyl sites for hydroxylation is 2. The van der Waals surface area contributed by atoms with Gasteiger partial charge in [-0.05, 0) is 60.8 Å². The Morgan fingerprint density at radius 3 is 2.68 bits per heavy atom. The lowest BCUT2D eigenvalue weighted by molar-refractivity contribution is 0.0377. The smallest absolute Gasteiger partial charge is 0.339 e. The number of esters is 1. The molecule has 0 saturated carbocycles. The minimum atomic E-state index is -4.11. The molecule has 3 aromatic rings. The molecular formula is C17H18BrN5O4S. The number of sulfonamides is 1. The predicted octanol–water partition coefficient (Wildman–Crippen LogP) is 2.87. The minimum absolute atomic E-state index is 0.163. The number of carbonyl (C=O) groups is 1. The molecule has 0 unspecified atom stereocenters. The molecule has 0 bridgehead atoms. The van der Waals surface area contributed by atoms with Crippen molar-refractivity contribution in [3.8, 4) is 0 Å². The van der Waals surface area contributed by atoms with Crippen LogP contribution in [0.25, 0.3) is 5.78 Å². The highest BCUT2D eigenvalue weighted by molar-refractivity contribution is 9.10. The quantitative estimate of drug-likeness (QED) is 0.573. The van der Waals surface area contributed by atoms with Crippen LogP contribution in [0.3, 0.4) is 0 Å². The van der Waals surface area contributed by atoms with Crippen LogP contribution in [-0.4, -0.2) is 40.1 Å². The van der Waals surface area contributed by atoms with Crippen molar-refractivity contribution in [3.63, 3.8) is 0 Å². The highest BCUT2D eigenvalue weighted by atomic mass is 79.9. The van der Waals surface area contributed by atoms with Gasteiger partial charge < -0.3 is 4.74 Å². The molecule has 0 aliphatic rings. The van der Waals surface area contributed by atoms with Crippen LogP contribution in [0.2, 0.25) is 0 Å². The van der Waals surface area contributed by atoms with Gasteiger partial charge in [0.25, 0.3) is 21.0 Å². The van der Waals surface area contributed by atoms with Crippen molar-refractivity contribution in [2.75, 3.05) is 4.72 Å². The van der Waals surface area contributed by atoms with Gasteiger partial charge in [0, 0.05) is 12.4 Å². The molecule has 3 rings (SSSR count). The molecular weight excluding hydrogens is 450 g/mol. The van der Waals surface area contributed by atoms with E-state index in [2.05, 4.69) is 35.7 Å². The highest BCUT2D eigenvalue weighted by Crippen LogP contribution is 2.32. The van der Waals surface area contributed by atoms with E-state index >= 15 is 0 Å². The van der Waals surface area contributed by atoms with Crippen LogP contribution in [0, 0.1) is 13.8 Å². The summed E-state index contributed by atoms with van der Waals surface area (Å²) in [6.45, 7) is 6.98. The largest absolute Gasteiger partial charge is 0.459 e. The molecule has 0 saturated heterocycles. The van der Waals surface area contributed by atoms with Gasteiger partial charge in [-0.15, -0.1) is 5.10 Å². The summed E-state index contributed by atoms with van der Waals surface area (Å²) in [6.07, 6.45) is 2.88. The van der Waals surface area contributed by atoms with Crippen LogP contribution in [0.5, 0.6) is 0 Å². The summed E-state index contributed by atoms with van der Waals surface area (Å²) in [5.74, 6) is -0.399. The number of fused-ring (bicyclic) bond motifs is 1. The van der Waals surface area contributed by atoms with E-state index in [4.69, 9.17) is 4.74 Å². The fourth-order valence-corrected chi connectivity index (χ4v) is 4.24. The number of nitrogens with one attached hydrogen (secondary N) is 1. The molecule has 1 aromatic carbocycles. The third kappa shape index (κ3) is 3.99. The van der Waals surface area contributed by atoms with Crippen LogP contribution >= 0.6 is 15.9 Å². The van der Waals surface area contributed by atoms with E-state index in [1.54, 1.807) is 45.3 Å². The topological polar surface area (TPSA) is 116 Å². The number of anilines is 1. The summed E-state index contributed by atoms with van der Waals surface area (Å²) < 4.78 is 34.8. The first-order valence-corrected chi connectivity index (χ1v) is 10.6. The van der Waals surface area contributed by atoms with Crippen molar-refractivity contribution in [3.05, 3.63) is 45.7 Å². The molecule has 0 atom stereocenters. The monoisotopic (exact) mass is 467 g/mol. The number of ether oxygens (including phenoxy) is 1. The predicted molar refractivity (Wildman–Crippen MR) is 106 cm³/mol. The molecule has 0 amide bonds. The first kappa shape index (κ1) is 20.2. The lowest BCUT2D eigenvalue weighted by Crippen LogP contribution is -2.18. The molecule has 11 heteroatoms. The molecule has 1 N–H and O–H groups in total. The zero-order valence-corrected chi connectivity index (χ0v) is 18.0. The lowest BCUT2D eigenvalue weighted by atomic mass is 10.1. The zero-order valence-electron chi connectivity index (χ0n) is 15.6. The molecule has 28 heavy (non-hydrogen) atoms. The Balaban J connectivity index is 2.00. The summed E-state index contributed by atoms with van der Waals surface area (Å²) in [4.78, 5) is 20.3. The van der Waals surface area contributed by atoms with E-state index in [9.17, 15) is 13.2 Å². The number of hydrogen-bond donors (Lipinski definition) is 1. The van der Waals surface area contributed by atoms with Crippen LogP contribution < -0.4 is 4.72 Å². The van der Waals surface area contributed by atoms with Gasteiger partial charge in [-0.3, -0.25) is 4.72 Å². The standard InChI is InChI=1S/C17H18BrN5O4S/c1-9(2)27-15(24)12-6-5-11(4)14(13(12)18)22-28(25,26)17-20-16-19-7-10(3)8-23(16)21-17/h5-9,22H,1-4H3. The zero-order chi connectivity index (χ0) is 20.6. The first-order chi connectivity index (χ1) is 13.1. The average Bonchev–Trinajstić information content (AvgIpc) is 3.02. The van der Waals surface area contributed by atoms with Crippen LogP contribution in [0.4, 0.5) is 5.69 Å². The Labute approximate surface area is 170 Å². The number of carbonyl (C=O) groups excluding carboxylic acids is 1. The summed E-state index contributed by atoms with van der Waals surface area (Å²) in [7, 11) is -4.11. The average molecular weight is 468 g/mol. The van der Waals surface area contributed by atoms with Gasteiger partial charge in [-0.25, -0.2) is 14.3 Å². The summed E-state index contributed by atoms with van der Waals surface area (Å²) in [5.41, 5.74) is 1.83. The molecule has 0 spiro atoms. The minimum Gasteiger partial charge on any atom is -0.459 e. The Morgan fingerprint density at radius 1 is 1.29 bits per heavy atom. The van der Waals surface area contributed by atoms with Gasteiger partial charge in [0.1, 0.15) is 0 Å². The van der Waals surface area contributed by atoms with E-state index in [1.165, 1.54) is 4.52 Å². The fraction of sp³-hybridized carbons (Fsp3) is 0.294. The number of benzene rings is 1. The molecule has 148 valence electrons. The molecule has 0 aliphatic heterocycles. The number of hydrogen-bond acceptors (Lipinski definition) is 7. The van der Waals surface area contributed by atoms with E-state index in [1.807, 2.05) is 6.92 Å². The van der Waals surface area contributed by atoms with Crippen molar-refractivity contribution in [2.24, 2.45) is 0 Å². The molecule has 0 aliphatic carbocycles. The second kappa shape index (κ2) is 7.47. The van der Waals surface area contributed by atoms with Gasteiger partial charge in [0.15, 0.2) is 0 Å². The van der Waals surface area contributed by atoms with Crippen molar-refractivity contribution >= 4 is 43.4 Å². The maximum absolute atomic E-state index is 12.8. The maximum Gasteiger partial charge on any atom is 0.339 e. The van der Waals surface area contributed by atoms with E-state index in [0.29, 0.717) is 5.56 Å². The molecule has 9 nitrogen and oxygen atoms in total. The summed E-state index contributed by atoms with van der Waals surface area (Å²) >= 11 is 3.31. The van der Waals surface area contributed by atoms with E-state index in [0.717, 1.165) is 5.56 Å². The Hall–Kier alpha value is -2.53. The maximum atomic E-state index is 12.8. The second-order valence-electron chi connectivity index (χ2n) is 6.45. The van der Waals surface area contributed by atoms with E-state index < -0.39 is 21.1 Å². The molecule has 2 aromatic heterocycles. The third-order valence-electron chi connectivity index (χ3n) is 3.69. The van der Waals surface area contributed by atoms with Gasteiger partial charge in [-0.2, -0.15) is 13.4 Å². The van der Waals surface area contributed by atoms with Crippen molar-refractivity contribution in [1.29, 1.82) is 0 Å². The van der Waals surface area contributed by atoms with Gasteiger partial charge in [-0.1, -0.05) is 6.07 Å². The molecule has 0 radical (unpaired) electrons. The fourth-order valence-electron chi connectivity index (χ4n) is 2.38. The Morgan fingerprint density at radius 2 is 2.00 bits per heavy atom. The summed E-state index contributed by atoms with van der Waals surface area (Å²) in [5, 5.41) is 3.56.